The fourth-order valence-corrected chi connectivity index (χ4v) is 1.24. The summed E-state index contributed by atoms with van der Waals surface area (Å²) in [5, 5.41) is 2.75. The first-order valence-electron chi connectivity index (χ1n) is 5.61. The molecular weight excluding hydrogens is 220 g/mol. The third-order valence-electron chi connectivity index (χ3n) is 2.08. The highest BCUT2D eigenvalue weighted by Gasteiger charge is 2.00. The molecule has 1 aromatic rings. The Morgan fingerprint density at radius 3 is 3.06 bits per heavy atom. The van der Waals surface area contributed by atoms with Gasteiger partial charge in [-0.2, -0.15) is 0 Å². The van der Waals surface area contributed by atoms with Crippen LogP contribution in [0.3, 0.4) is 0 Å². The van der Waals surface area contributed by atoms with Crippen LogP contribution in [0.15, 0.2) is 24.5 Å². The maximum Gasteiger partial charge on any atom is 0.220 e. The van der Waals surface area contributed by atoms with Crippen LogP contribution < -0.4 is 10.1 Å². The van der Waals surface area contributed by atoms with E-state index in [4.69, 9.17) is 9.47 Å². The Hall–Kier alpha value is -1.62. The molecule has 1 amide bonds. The normalized spacial score (nSPS) is 9.94. The number of carbonyl (C=O) groups excluding carboxylic acids is 1. The number of amides is 1. The summed E-state index contributed by atoms with van der Waals surface area (Å²) in [6.45, 7) is 1.61. The Morgan fingerprint density at radius 2 is 2.35 bits per heavy atom. The molecule has 5 nitrogen and oxygen atoms in total. The monoisotopic (exact) mass is 238 g/mol. The second kappa shape index (κ2) is 8.52. The number of rotatable bonds is 8. The average Bonchev–Trinajstić information content (AvgIpc) is 2.36. The minimum Gasteiger partial charge on any atom is -0.492 e. The molecule has 0 aliphatic carbocycles. The fourth-order valence-electron chi connectivity index (χ4n) is 1.24. The Morgan fingerprint density at radius 1 is 1.47 bits per heavy atom. The fraction of sp³-hybridized carbons (Fsp3) is 0.500. The summed E-state index contributed by atoms with van der Waals surface area (Å²) in [6, 6.07) is 3.65. The molecular formula is C12H18N2O3. The lowest BCUT2D eigenvalue weighted by atomic mass is 10.3. The molecule has 0 bridgehead atoms. The van der Waals surface area contributed by atoms with Gasteiger partial charge in [-0.05, 0) is 18.6 Å². The van der Waals surface area contributed by atoms with Gasteiger partial charge in [0, 0.05) is 26.3 Å². The van der Waals surface area contributed by atoms with Crippen LogP contribution in [0.4, 0.5) is 0 Å². The molecule has 0 radical (unpaired) electrons. The third-order valence-corrected chi connectivity index (χ3v) is 2.08. The van der Waals surface area contributed by atoms with Gasteiger partial charge in [-0.3, -0.25) is 9.78 Å². The first-order chi connectivity index (χ1) is 8.33. The van der Waals surface area contributed by atoms with E-state index in [0.29, 0.717) is 32.6 Å². The Bertz CT molecular complexity index is 317. The van der Waals surface area contributed by atoms with E-state index in [9.17, 15) is 4.79 Å². The zero-order chi connectivity index (χ0) is 12.3. The molecule has 0 atom stereocenters. The largest absolute Gasteiger partial charge is 0.492 e. The van der Waals surface area contributed by atoms with Crippen LogP contribution in [0, 0.1) is 0 Å². The van der Waals surface area contributed by atoms with Gasteiger partial charge in [-0.15, -0.1) is 0 Å². The highest BCUT2D eigenvalue weighted by molar-refractivity contribution is 5.75. The number of nitrogens with zero attached hydrogens (tertiary/aromatic N) is 1. The van der Waals surface area contributed by atoms with Crippen molar-refractivity contribution in [3.8, 4) is 5.75 Å². The maximum atomic E-state index is 11.3. The number of carbonyl (C=O) groups is 1. The molecule has 1 rings (SSSR count). The first-order valence-corrected chi connectivity index (χ1v) is 5.61. The average molecular weight is 238 g/mol. The van der Waals surface area contributed by atoms with Crippen molar-refractivity contribution in [1.29, 1.82) is 0 Å². The lowest BCUT2D eigenvalue weighted by molar-refractivity contribution is -0.121. The van der Waals surface area contributed by atoms with Crippen LogP contribution in [0.5, 0.6) is 5.75 Å². The van der Waals surface area contributed by atoms with Gasteiger partial charge in [-0.25, -0.2) is 0 Å². The number of aromatic nitrogens is 1. The highest BCUT2D eigenvalue weighted by atomic mass is 16.5. The lowest BCUT2D eigenvalue weighted by Gasteiger charge is -2.06. The molecule has 0 fully saturated rings. The van der Waals surface area contributed by atoms with E-state index in [2.05, 4.69) is 10.3 Å². The molecule has 17 heavy (non-hydrogen) atoms. The van der Waals surface area contributed by atoms with Gasteiger partial charge in [0.05, 0.1) is 19.4 Å². The minimum atomic E-state index is 0.0248. The van der Waals surface area contributed by atoms with Gasteiger partial charge in [0.25, 0.3) is 0 Å². The van der Waals surface area contributed by atoms with Gasteiger partial charge >= 0.3 is 0 Å². The second-order valence-corrected chi connectivity index (χ2v) is 3.48. The summed E-state index contributed by atoms with van der Waals surface area (Å²) < 4.78 is 10.2. The van der Waals surface area contributed by atoms with Gasteiger partial charge in [0.1, 0.15) is 5.75 Å². The zero-order valence-corrected chi connectivity index (χ0v) is 10.0. The van der Waals surface area contributed by atoms with Crippen LogP contribution >= 0.6 is 0 Å². The van der Waals surface area contributed by atoms with Crippen molar-refractivity contribution in [2.75, 3.05) is 26.9 Å². The Balaban J connectivity index is 2.02. The van der Waals surface area contributed by atoms with Gasteiger partial charge < -0.3 is 14.8 Å². The van der Waals surface area contributed by atoms with E-state index < -0.39 is 0 Å². The van der Waals surface area contributed by atoms with Gasteiger partial charge in [0.2, 0.25) is 5.91 Å². The predicted molar refractivity (Wildman–Crippen MR) is 63.9 cm³/mol. The van der Waals surface area contributed by atoms with Crippen LogP contribution in [0.2, 0.25) is 0 Å². The van der Waals surface area contributed by atoms with E-state index in [0.717, 1.165) is 5.75 Å². The zero-order valence-electron chi connectivity index (χ0n) is 10.0. The van der Waals surface area contributed by atoms with Crippen molar-refractivity contribution in [2.24, 2.45) is 0 Å². The topological polar surface area (TPSA) is 60.5 Å². The van der Waals surface area contributed by atoms with E-state index in [1.54, 1.807) is 19.5 Å². The number of hydrogen-bond donors (Lipinski definition) is 1. The molecule has 94 valence electrons. The van der Waals surface area contributed by atoms with Crippen molar-refractivity contribution in [3.05, 3.63) is 24.5 Å². The molecule has 0 spiro atoms. The molecule has 0 unspecified atom stereocenters. The molecule has 0 aliphatic rings. The number of pyridine rings is 1. The quantitative estimate of drug-likeness (QED) is 0.686. The number of nitrogens with one attached hydrogen (secondary N) is 1. The molecule has 0 aliphatic heterocycles. The molecule has 0 saturated heterocycles. The summed E-state index contributed by atoms with van der Waals surface area (Å²) in [5.41, 5.74) is 0. The minimum absolute atomic E-state index is 0.0248. The van der Waals surface area contributed by atoms with Crippen molar-refractivity contribution < 1.29 is 14.3 Å². The molecule has 5 heteroatoms. The Labute approximate surface area is 101 Å². The molecule has 0 saturated carbocycles. The SMILES string of the molecule is COCCNC(=O)CCCOc1cccnc1. The lowest BCUT2D eigenvalue weighted by Crippen LogP contribution is -2.26. The van der Waals surface area contributed by atoms with Crippen LogP contribution in [0.25, 0.3) is 0 Å². The number of ether oxygens (including phenoxy) is 2. The smallest absolute Gasteiger partial charge is 0.220 e. The number of hydrogen-bond acceptors (Lipinski definition) is 4. The molecule has 1 N–H and O–H groups in total. The summed E-state index contributed by atoms with van der Waals surface area (Å²) in [6.07, 6.45) is 4.49. The van der Waals surface area contributed by atoms with Crippen LogP contribution in [-0.2, 0) is 9.53 Å². The van der Waals surface area contributed by atoms with E-state index in [-0.39, 0.29) is 5.91 Å². The summed E-state index contributed by atoms with van der Waals surface area (Å²) in [4.78, 5) is 15.2. The molecule has 1 heterocycles. The van der Waals surface area contributed by atoms with E-state index in [1.165, 1.54) is 0 Å². The van der Waals surface area contributed by atoms with E-state index in [1.807, 2.05) is 12.1 Å². The van der Waals surface area contributed by atoms with Crippen molar-refractivity contribution in [3.63, 3.8) is 0 Å². The third kappa shape index (κ3) is 6.52. The van der Waals surface area contributed by atoms with Crippen LogP contribution in [0.1, 0.15) is 12.8 Å². The standard InChI is InChI=1S/C12H18N2O3/c1-16-9-7-14-12(15)5-3-8-17-11-4-2-6-13-10-11/h2,4,6,10H,3,5,7-9H2,1H3,(H,14,15). The van der Waals surface area contributed by atoms with Crippen molar-refractivity contribution >= 4 is 5.91 Å². The highest BCUT2D eigenvalue weighted by Crippen LogP contribution is 2.06. The van der Waals surface area contributed by atoms with Gasteiger partial charge in [0.15, 0.2) is 0 Å². The van der Waals surface area contributed by atoms with E-state index >= 15 is 0 Å². The van der Waals surface area contributed by atoms with Crippen LogP contribution in [-0.4, -0.2) is 37.8 Å². The first kappa shape index (κ1) is 13.4. The Kier molecular flexibility index (Phi) is 6.74. The molecule has 1 aromatic heterocycles. The predicted octanol–water partition coefficient (Wildman–Crippen LogP) is 1.00. The summed E-state index contributed by atoms with van der Waals surface area (Å²) in [7, 11) is 1.61. The maximum absolute atomic E-state index is 11.3. The van der Waals surface area contributed by atoms with Crippen molar-refractivity contribution in [2.45, 2.75) is 12.8 Å². The number of methoxy groups -OCH3 is 1. The van der Waals surface area contributed by atoms with Crippen molar-refractivity contribution in [1.82, 2.24) is 10.3 Å². The van der Waals surface area contributed by atoms with Gasteiger partial charge in [-0.1, -0.05) is 0 Å². The molecule has 0 aromatic carbocycles. The summed E-state index contributed by atoms with van der Waals surface area (Å²) >= 11 is 0. The summed E-state index contributed by atoms with van der Waals surface area (Å²) in [5.74, 6) is 0.754. The second-order valence-electron chi connectivity index (χ2n) is 3.48.